The number of rotatable bonds is 6. The van der Waals surface area contributed by atoms with Gasteiger partial charge in [-0.1, -0.05) is 13.8 Å². The molecule has 13 heavy (non-hydrogen) atoms. The summed E-state index contributed by atoms with van der Waals surface area (Å²) in [7, 11) is -0.762. The first-order valence-electron chi connectivity index (χ1n) is 4.86. The van der Waals surface area contributed by atoms with Crippen molar-refractivity contribution in [2.24, 2.45) is 0 Å². The first-order valence-corrected chi connectivity index (χ1v) is 6.25. The van der Waals surface area contributed by atoms with Crippen molar-refractivity contribution in [1.29, 1.82) is 0 Å². The summed E-state index contributed by atoms with van der Waals surface area (Å²) in [5.74, 6) is -0.103. The lowest BCUT2D eigenvalue weighted by molar-refractivity contribution is -0.143. The highest BCUT2D eigenvalue weighted by Gasteiger charge is 2.15. The summed E-state index contributed by atoms with van der Waals surface area (Å²) < 4.78 is 10.4. The van der Waals surface area contributed by atoms with Crippen molar-refractivity contribution in [3.05, 3.63) is 0 Å². The summed E-state index contributed by atoms with van der Waals surface area (Å²) in [4.78, 5) is 11.2. The molecule has 0 bridgehead atoms. The molecule has 78 valence electrons. The lowest BCUT2D eigenvalue weighted by Gasteiger charge is -2.12. The predicted octanol–water partition coefficient (Wildman–Crippen LogP) is 1.26. The minimum absolute atomic E-state index is 0.0195. The third kappa shape index (κ3) is 6.78. The second-order valence-corrected chi connectivity index (χ2v) is 5.34. The van der Waals surface area contributed by atoms with Crippen LogP contribution in [0.15, 0.2) is 0 Å². The fraction of sp³-hybridized carbons (Fsp3) is 0.889. The average Bonchev–Trinajstić information content (AvgIpc) is 2.10. The van der Waals surface area contributed by atoms with Crippen LogP contribution >= 0.6 is 0 Å². The summed E-state index contributed by atoms with van der Waals surface area (Å²) in [6.45, 7) is 8.36. The van der Waals surface area contributed by atoms with E-state index in [1.54, 1.807) is 0 Å². The van der Waals surface area contributed by atoms with E-state index < -0.39 is 9.76 Å². The molecule has 0 aromatic rings. The number of carbonyl (C=O) groups is 1. The fourth-order valence-corrected chi connectivity index (χ4v) is 1.68. The molecule has 0 aromatic heterocycles. The number of hydrogen-bond acceptors (Lipinski definition) is 3. The summed E-state index contributed by atoms with van der Waals surface area (Å²) >= 11 is 0. The van der Waals surface area contributed by atoms with Gasteiger partial charge in [-0.05, 0) is 20.3 Å². The minimum Gasteiger partial charge on any atom is -0.466 e. The summed E-state index contributed by atoms with van der Waals surface area (Å²) in [5, 5.41) is 0. The third-order valence-corrected chi connectivity index (χ3v) is 3.22. The van der Waals surface area contributed by atoms with Gasteiger partial charge in [-0.3, -0.25) is 4.79 Å². The van der Waals surface area contributed by atoms with Crippen molar-refractivity contribution in [2.75, 3.05) is 6.61 Å². The van der Waals surface area contributed by atoms with E-state index in [2.05, 4.69) is 0 Å². The average molecular weight is 204 g/mol. The molecule has 1 atom stereocenters. The first-order chi connectivity index (χ1) is 6.07. The molecule has 3 nitrogen and oxygen atoms in total. The monoisotopic (exact) mass is 204 g/mol. The Balaban J connectivity index is 3.57. The van der Waals surface area contributed by atoms with Crippen LogP contribution < -0.4 is 0 Å². The van der Waals surface area contributed by atoms with Gasteiger partial charge in [0.1, 0.15) is 0 Å². The molecule has 0 aliphatic carbocycles. The number of esters is 1. The Morgan fingerprint density at radius 3 is 2.46 bits per heavy atom. The smallest absolute Gasteiger partial charge is 0.307 e. The van der Waals surface area contributed by atoms with E-state index >= 15 is 0 Å². The van der Waals surface area contributed by atoms with Gasteiger partial charge in [0, 0.05) is 6.10 Å². The van der Waals surface area contributed by atoms with E-state index in [0.717, 1.165) is 6.42 Å². The maximum absolute atomic E-state index is 11.2. The van der Waals surface area contributed by atoms with Crippen LogP contribution in [-0.2, 0) is 14.0 Å². The Labute approximate surface area is 82.7 Å². The summed E-state index contributed by atoms with van der Waals surface area (Å²) in [6, 6.07) is 0. The quantitative estimate of drug-likeness (QED) is 0.482. The topological polar surface area (TPSA) is 35.5 Å². The van der Waals surface area contributed by atoms with Gasteiger partial charge >= 0.3 is 5.97 Å². The zero-order chi connectivity index (χ0) is 10.3. The molecule has 0 radical (unpaired) electrons. The van der Waals surface area contributed by atoms with Gasteiger partial charge in [-0.15, -0.1) is 0 Å². The molecule has 1 unspecified atom stereocenters. The number of carbonyl (C=O) groups excluding carboxylic acids is 1. The highest BCUT2D eigenvalue weighted by Crippen LogP contribution is 2.06. The van der Waals surface area contributed by atoms with Crippen molar-refractivity contribution >= 4 is 15.7 Å². The molecule has 0 heterocycles. The zero-order valence-electron chi connectivity index (χ0n) is 9.00. The maximum Gasteiger partial charge on any atom is 0.307 e. The van der Waals surface area contributed by atoms with Gasteiger partial charge in [0.2, 0.25) is 0 Å². The van der Waals surface area contributed by atoms with E-state index in [1.165, 1.54) is 0 Å². The second-order valence-electron chi connectivity index (χ2n) is 3.45. The van der Waals surface area contributed by atoms with Gasteiger partial charge in [0.25, 0.3) is 0 Å². The second kappa shape index (κ2) is 7.09. The minimum atomic E-state index is -0.762. The summed E-state index contributed by atoms with van der Waals surface area (Å²) in [5.41, 5.74) is -0.0195. The fourth-order valence-electron chi connectivity index (χ4n) is 0.750. The van der Waals surface area contributed by atoms with Crippen LogP contribution in [0.3, 0.4) is 0 Å². The molecule has 0 saturated carbocycles. The molecule has 0 spiro atoms. The van der Waals surface area contributed by atoms with E-state index in [9.17, 15) is 4.79 Å². The Bertz CT molecular complexity index is 148. The van der Waals surface area contributed by atoms with Crippen molar-refractivity contribution in [1.82, 2.24) is 0 Å². The van der Waals surface area contributed by atoms with Gasteiger partial charge in [0.05, 0.1) is 12.1 Å². The van der Waals surface area contributed by atoms with Gasteiger partial charge in [-0.25, -0.2) is 0 Å². The molecule has 0 fully saturated rings. The molecule has 0 N–H and O–H groups in total. The van der Waals surface area contributed by atoms with E-state index in [1.807, 2.05) is 27.7 Å². The molecule has 0 amide bonds. The Morgan fingerprint density at radius 1 is 1.38 bits per heavy atom. The normalized spacial score (nSPS) is 13.9. The Morgan fingerprint density at radius 2 is 2.00 bits per heavy atom. The SMILES string of the molecule is CCCOC(=O)C(C)[SiH2]OC(C)C. The van der Waals surface area contributed by atoms with Crippen LogP contribution in [0.25, 0.3) is 0 Å². The summed E-state index contributed by atoms with van der Waals surface area (Å²) in [6.07, 6.45) is 1.11. The van der Waals surface area contributed by atoms with Crippen LogP contribution in [0.5, 0.6) is 0 Å². The van der Waals surface area contributed by atoms with Crippen LogP contribution in [0.1, 0.15) is 34.1 Å². The van der Waals surface area contributed by atoms with Crippen molar-refractivity contribution < 1.29 is 14.0 Å². The highest BCUT2D eigenvalue weighted by molar-refractivity contribution is 6.36. The first kappa shape index (κ1) is 12.6. The van der Waals surface area contributed by atoms with Gasteiger partial charge in [0.15, 0.2) is 9.76 Å². The van der Waals surface area contributed by atoms with E-state index in [4.69, 9.17) is 9.16 Å². The van der Waals surface area contributed by atoms with E-state index in [0.29, 0.717) is 6.61 Å². The highest BCUT2D eigenvalue weighted by atomic mass is 28.2. The molecule has 0 aromatic carbocycles. The standard InChI is InChI=1S/C9H20O3Si/c1-5-6-11-9(10)8(4)13-12-7(2)3/h7-8H,5-6,13H2,1-4H3. The van der Waals surface area contributed by atoms with Crippen LogP contribution in [0.4, 0.5) is 0 Å². The zero-order valence-corrected chi connectivity index (χ0v) is 10.4. The molecular weight excluding hydrogens is 184 g/mol. The maximum atomic E-state index is 11.2. The third-order valence-electron chi connectivity index (χ3n) is 1.53. The number of hydrogen-bond donors (Lipinski definition) is 0. The number of ether oxygens (including phenoxy) is 1. The van der Waals surface area contributed by atoms with Crippen LogP contribution in [-0.4, -0.2) is 28.4 Å². The molecule has 0 aliphatic heterocycles. The van der Waals surface area contributed by atoms with Crippen LogP contribution in [0, 0.1) is 0 Å². The molecule has 4 heteroatoms. The van der Waals surface area contributed by atoms with Gasteiger partial charge in [-0.2, -0.15) is 0 Å². The molecule has 0 aliphatic rings. The van der Waals surface area contributed by atoms with Crippen LogP contribution in [0.2, 0.25) is 5.54 Å². The van der Waals surface area contributed by atoms with Crippen molar-refractivity contribution in [3.63, 3.8) is 0 Å². The van der Waals surface area contributed by atoms with Crippen molar-refractivity contribution in [2.45, 2.75) is 45.8 Å². The predicted molar refractivity (Wildman–Crippen MR) is 55.4 cm³/mol. The molecular formula is C9H20O3Si. The van der Waals surface area contributed by atoms with Gasteiger partial charge < -0.3 is 9.16 Å². The molecule has 0 saturated heterocycles. The van der Waals surface area contributed by atoms with Crippen molar-refractivity contribution in [3.8, 4) is 0 Å². The largest absolute Gasteiger partial charge is 0.466 e. The lowest BCUT2D eigenvalue weighted by Crippen LogP contribution is -2.20. The van der Waals surface area contributed by atoms with E-state index in [-0.39, 0.29) is 17.6 Å². The lowest BCUT2D eigenvalue weighted by atomic mass is 10.5. The Hall–Kier alpha value is -0.353. The molecule has 0 rings (SSSR count). The Kier molecular flexibility index (Phi) is 6.90.